The number of para-hydroxylation sites is 1. The van der Waals surface area contributed by atoms with Gasteiger partial charge < -0.3 is 10.3 Å². The van der Waals surface area contributed by atoms with Crippen molar-refractivity contribution < 1.29 is 4.79 Å². The van der Waals surface area contributed by atoms with Crippen molar-refractivity contribution in [3.05, 3.63) is 58.6 Å². The first kappa shape index (κ1) is 15.4. The number of benzene rings is 2. The van der Waals surface area contributed by atoms with E-state index in [1.165, 1.54) is 0 Å². The van der Waals surface area contributed by atoms with E-state index in [0.29, 0.717) is 22.8 Å². The van der Waals surface area contributed by atoms with Gasteiger partial charge in [0, 0.05) is 17.3 Å². The summed E-state index contributed by atoms with van der Waals surface area (Å²) in [6, 6.07) is 12.8. The van der Waals surface area contributed by atoms with E-state index in [0.717, 1.165) is 11.3 Å². The molecule has 0 aliphatic carbocycles. The highest BCUT2D eigenvalue weighted by molar-refractivity contribution is 6.31. The van der Waals surface area contributed by atoms with E-state index in [1.54, 1.807) is 23.1 Å². The SMILES string of the molecule is CCN(C(=O)c1cc(Cl)ccc1NN)c1ccccc1C. The topological polar surface area (TPSA) is 58.4 Å². The Bertz CT molecular complexity index is 658. The molecule has 0 radical (unpaired) electrons. The van der Waals surface area contributed by atoms with Crippen molar-refractivity contribution in [3.8, 4) is 0 Å². The van der Waals surface area contributed by atoms with Crippen LogP contribution in [0.15, 0.2) is 42.5 Å². The Morgan fingerprint density at radius 1 is 1.29 bits per heavy atom. The van der Waals surface area contributed by atoms with Crippen LogP contribution in [0.2, 0.25) is 5.02 Å². The molecule has 2 aromatic rings. The van der Waals surface area contributed by atoms with Gasteiger partial charge >= 0.3 is 0 Å². The van der Waals surface area contributed by atoms with Crippen molar-refractivity contribution in [2.75, 3.05) is 16.9 Å². The number of carbonyl (C=O) groups excluding carboxylic acids is 1. The summed E-state index contributed by atoms with van der Waals surface area (Å²) in [5, 5.41) is 0.498. The van der Waals surface area contributed by atoms with E-state index in [4.69, 9.17) is 17.4 Å². The third-order valence-electron chi connectivity index (χ3n) is 3.34. The fraction of sp³-hybridized carbons (Fsp3) is 0.188. The van der Waals surface area contributed by atoms with Gasteiger partial charge in [0.25, 0.3) is 5.91 Å². The predicted octanol–water partition coefficient (Wildman–Crippen LogP) is 3.60. The number of halogens is 1. The lowest BCUT2D eigenvalue weighted by atomic mass is 10.1. The molecule has 0 spiro atoms. The molecule has 0 unspecified atom stereocenters. The number of nitrogens with zero attached hydrogens (tertiary/aromatic N) is 1. The number of amides is 1. The molecular weight excluding hydrogens is 286 g/mol. The largest absolute Gasteiger partial charge is 0.323 e. The summed E-state index contributed by atoms with van der Waals surface area (Å²) in [4.78, 5) is 14.5. The summed E-state index contributed by atoms with van der Waals surface area (Å²) >= 11 is 6.00. The maximum atomic E-state index is 12.8. The van der Waals surface area contributed by atoms with E-state index in [1.807, 2.05) is 38.1 Å². The van der Waals surface area contributed by atoms with E-state index in [2.05, 4.69) is 5.43 Å². The summed E-state index contributed by atoms with van der Waals surface area (Å²) in [6.45, 7) is 4.47. The number of aryl methyl sites for hydroxylation is 1. The van der Waals surface area contributed by atoms with Crippen molar-refractivity contribution in [2.45, 2.75) is 13.8 Å². The highest BCUT2D eigenvalue weighted by Crippen LogP contribution is 2.26. The average Bonchev–Trinajstić information content (AvgIpc) is 2.49. The highest BCUT2D eigenvalue weighted by Gasteiger charge is 2.20. The Balaban J connectivity index is 2.46. The van der Waals surface area contributed by atoms with E-state index < -0.39 is 0 Å². The number of nitrogens with one attached hydrogen (secondary N) is 1. The zero-order chi connectivity index (χ0) is 15.4. The molecule has 5 heteroatoms. The molecule has 0 aliphatic rings. The van der Waals surface area contributed by atoms with Gasteiger partial charge in [-0.2, -0.15) is 0 Å². The lowest BCUT2D eigenvalue weighted by Gasteiger charge is -2.24. The van der Waals surface area contributed by atoms with Gasteiger partial charge in [0.05, 0.1) is 11.3 Å². The number of nitrogens with two attached hydrogens (primary N) is 1. The van der Waals surface area contributed by atoms with Crippen LogP contribution >= 0.6 is 11.6 Å². The third-order valence-corrected chi connectivity index (χ3v) is 3.57. The molecule has 0 fully saturated rings. The summed E-state index contributed by atoms with van der Waals surface area (Å²) in [5.41, 5.74) is 5.47. The Labute approximate surface area is 129 Å². The molecule has 3 N–H and O–H groups in total. The van der Waals surface area contributed by atoms with Gasteiger partial charge in [0.15, 0.2) is 0 Å². The predicted molar refractivity (Wildman–Crippen MR) is 87.8 cm³/mol. The summed E-state index contributed by atoms with van der Waals surface area (Å²) in [7, 11) is 0. The van der Waals surface area contributed by atoms with E-state index in [9.17, 15) is 4.79 Å². The van der Waals surface area contributed by atoms with E-state index in [-0.39, 0.29) is 5.91 Å². The fourth-order valence-corrected chi connectivity index (χ4v) is 2.43. The van der Waals surface area contributed by atoms with Crippen molar-refractivity contribution >= 4 is 28.9 Å². The molecule has 0 atom stereocenters. The van der Waals surface area contributed by atoms with Gasteiger partial charge in [-0.15, -0.1) is 0 Å². The van der Waals surface area contributed by atoms with Crippen molar-refractivity contribution in [1.29, 1.82) is 0 Å². The van der Waals surface area contributed by atoms with Crippen LogP contribution in [0, 0.1) is 6.92 Å². The first-order valence-corrected chi connectivity index (χ1v) is 7.10. The quantitative estimate of drug-likeness (QED) is 0.670. The van der Waals surface area contributed by atoms with Gasteiger partial charge in [0.2, 0.25) is 0 Å². The Morgan fingerprint density at radius 2 is 2.00 bits per heavy atom. The maximum Gasteiger partial charge on any atom is 0.260 e. The first-order chi connectivity index (χ1) is 10.1. The van der Waals surface area contributed by atoms with Crippen LogP contribution in [0.1, 0.15) is 22.8 Å². The molecule has 2 aromatic carbocycles. The van der Waals surface area contributed by atoms with Crippen molar-refractivity contribution in [1.82, 2.24) is 0 Å². The van der Waals surface area contributed by atoms with Crippen LogP contribution in [0.25, 0.3) is 0 Å². The Kier molecular flexibility index (Phi) is 4.83. The molecule has 1 amide bonds. The molecule has 0 saturated heterocycles. The fourth-order valence-electron chi connectivity index (χ4n) is 2.25. The second-order valence-corrected chi connectivity index (χ2v) is 5.11. The van der Waals surface area contributed by atoms with Crippen LogP contribution in [0.4, 0.5) is 11.4 Å². The molecule has 0 bridgehead atoms. The molecule has 21 heavy (non-hydrogen) atoms. The lowest BCUT2D eigenvalue weighted by Crippen LogP contribution is -2.32. The van der Waals surface area contributed by atoms with Gasteiger partial charge in [0.1, 0.15) is 0 Å². The van der Waals surface area contributed by atoms with Crippen molar-refractivity contribution in [3.63, 3.8) is 0 Å². The van der Waals surface area contributed by atoms with Gasteiger partial charge in [-0.1, -0.05) is 29.8 Å². The second-order valence-electron chi connectivity index (χ2n) is 4.67. The van der Waals surface area contributed by atoms with Crippen molar-refractivity contribution in [2.24, 2.45) is 5.84 Å². The Hall–Kier alpha value is -2.04. The monoisotopic (exact) mass is 303 g/mol. The lowest BCUT2D eigenvalue weighted by molar-refractivity contribution is 0.0989. The van der Waals surface area contributed by atoms with Gasteiger partial charge in [-0.3, -0.25) is 10.6 Å². The molecule has 0 aromatic heterocycles. The summed E-state index contributed by atoms with van der Waals surface area (Å²) in [5.74, 6) is 5.35. The van der Waals surface area contributed by atoms with Gasteiger partial charge in [-0.05, 0) is 43.7 Å². The number of hydrogen-bond donors (Lipinski definition) is 2. The zero-order valence-electron chi connectivity index (χ0n) is 12.1. The summed E-state index contributed by atoms with van der Waals surface area (Å²) < 4.78 is 0. The normalized spacial score (nSPS) is 10.3. The van der Waals surface area contributed by atoms with Crippen LogP contribution in [-0.4, -0.2) is 12.5 Å². The molecular formula is C16H18ClN3O. The second kappa shape index (κ2) is 6.61. The number of nitrogen functional groups attached to an aromatic ring is 1. The zero-order valence-corrected chi connectivity index (χ0v) is 12.8. The average molecular weight is 304 g/mol. The summed E-state index contributed by atoms with van der Waals surface area (Å²) in [6.07, 6.45) is 0. The number of carbonyl (C=O) groups is 1. The number of anilines is 2. The molecule has 110 valence electrons. The minimum atomic E-state index is -0.137. The Morgan fingerprint density at radius 3 is 2.62 bits per heavy atom. The number of rotatable bonds is 4. The van der Waals surface area contributed by atoms with E-state index >= 15 is 0 Å². The van der Waals surface area contributed by atoms with Crippen LogP contribution in [0.5, 0.6) is 0 Å². The molecule has 2 rings (SSSR count). The minimum absolute atomic E-state index is 0.137. The number of hydrogen-bond acceptors (Lipinski definition) is 3. The van der Waals surface area contributed by atoms with Crippen LogP contribution in [0.3, 0.4) is 0 Å². The van der Waals surface area contributed by atoms with Crippen LogP contribution < -0.4 is 16.2 Å². The maximum absolute atomic E-state index is 12.8. The molecule has 0 saturated carbocycles. The van der Waals surface area contributed by atoms with Gasteiger partial charge in [-0.25, -0.2) is 0 Å². The smallest absolute Gasteiger partial charge is 0.260 e. The van der Waals surface area contributed by atoms with Crippen LogP contribution in [-0.2, 0) is 0 Å². The highest BCUT2D eigenvalue weighted by atomic mass is 35.5. The molecule has 0 heterocycles. The molecule has 4 nitrogen and oxygen atoms in total. The number of hydrazine groups is 1. The standard InChI is InChI=1S/C16H18ClN3O/c1-3-20(15-7-5-4-6-11(15)2)16(21)13-10-12(17)8-9-14(13)19-18/h4-10,19H,3,18H2,1-2H3. The molecule has 0 aliphatic heterocycles. The first-order valence-electron chi connectivity index (χ1n) is 6.72. The third kappa shape index (κ3) is 3.17. The minimum Gasteiger partial charge on any atom is -0.323 e.